The average Bonchev–Trinajstić information content (AvgIpc) is 1.49. The monoisotopic (exact) mass is 1300 g/mol. The van der Waals surface area contributed by atoms with Crippen molar-refractivity contribution >= 4 is 73.2 Å². The minimum atomic E-state index is -0.523. The van der Waals surface area contributed by atoms with Crippen LogP contribution in [0.1, 0.15) is 69.2 Å². The Morgan fingerprint density at radius 3 is 1.06 bits per heavy atom. The van der Waals surface area contributed by atoms with E-state index in [4.69, 9.17) is 40.5 Å². The van der Waals surface area contributed by atoms with Gasteiger partial charge in [0.25, 0.3) is 0 Å². The van der Waals surface area contributed by atoms with Gasteiger partial charge in [-0.3, -0.25) is 0 Å². The zero-order chi connectivity index (χ0) is 68.1. The molecule has 0 aliphatic heterocycles. The number of fused-ring (bicyclic) bond motifs is 6. The summed E-state index contributed by atoms with van der Waals surface area (Å²) in [5, 5.41) is 12.7. The minimum absolute atomic E-state index is 0.0759. The summed E-state index contributed by atoms with van der Waals surface area (Å²) in [4.78, 5) is 75.0. The molecule has 0 N–H and O–H groups in total. The van der Waals surface area contributed by atoms with Gasteiger partial charge in [0.2, 0.25) is 0 Å². The number of nitriles is 1. The van der Waals surface area contributed by atoms with Crippen molar-refractivity contribution in [2.75, 3.05) is 0 Å². The van der Waals surface area contributed by atoms with Crippen molar-refractivity contribution < 1.29 is 38.1 Å². The molecule has 0 radical (unpaired) electrons. The van der Waals surface area contributed by atoms with Crippen LogP contribution in [0.15, 0.2) is 285 Å². The van der Waals surface area contributed by atoms with Gasteiger partial charge in [-0.25, -0.2) is 39.0 Å². The quantitative estimate of drug-likeness (QED) is 0.0451. The van der Waals surface area contributed by atoms with Crippen LogP contribution in [-0.4, -0.2) is 48.0 Å². The van der Waals surface area contributed by atoms with Crippen LogP contribution in [0.5, 0.6) is 0 Å². The summed E-state index contributed by atoms with van der Waals surface area (Å²) in [5.41, 5.74) is 12.5. The molecule has 0 atom stereocenters. The lowest BCUT2D eigenvalue weighted by atomic mass is 9.97. The highest BCUT2D eigenvalue weighted by molar-refractivity contribution is 6.14. The summed E-state index contributed by atoms with van der Waals surface area (Å²) >= 11 is 0. The van der Waals surface area contributed by atoms with E-state index in [0.29, 0.717) is 99.8 Å². The molecule has 0 saturated heterocycles. The first kappa shape index (κ1) is 62.2. The normalized spacial score (nSPS) is 11.1. The molecular weight excluding hydrogens is 1250 g/mol. The Morgan fingerprint density at radius 1 is 0.350 bits per heavy atom. The molecule has 15 heteroatoms. The highest BCUT2D eigenvalue weighted by Gasteiger charge is 2.25. The van der Waals surface area contributed by atoms with Crippen molar-refractivity contribution in [3.8, 4) is 62.7 Å². The Hall–Kier alpha value is -13.9. The Morgan fingerprint density at radius 2 is 0.690 bits per heavy atom. The van der Waals surface area contributed by atoms with Gasteiger partial charge in [0.1, 0.15) is 26.4 Å². The first-order valence-corrected chi connectivity index (χ1v) is 32.1. The smallest absolute Gasteiger partial charge is 0.338 e. The van der Waals surface area contributed by atoms with Crippen LogP contribution in [0, 0.1) is 17.9 Å². The van der Waals surface area contributed by atoms with Gasteiger partial charge in [-0.2, -0.15) is 5.26 Å². The van der Waals surface area contributed by atoms with E-state index in [-0.39, 0.29) is 43.8 Å². The van der Waals surface area contributed by atoms with E-state index in [1.54, 1.807) is 66.7 Å². The van der Waals surface area contributed by atoms with E-state index < -0.39 is 23.9 Å². The Balaban J connectivity index is 0.844. The molecular formula is C85H55N7O8. The number of carbonyl (C=O) groups is 4. The third-order valence-corrected chi connectivity index (χ3v) is 17.4. The van der Waals surface area contributed by atoms with Gasteiger partial charge in [-0.15, -0.1) is 0 Å². The zero-order valence-electron chi connectivity index (χ0n) is 53.4. The summed E-state index contributed by atoms with van der Waals surface area (Å²) in [5.74, 6) is -1.24. The molecule has 0 bridgehead atoms. The van der Waals surface area contributed by atoms with Crippen LogP contribution in [-0.2, 0) is 45.4 Å². The molecule has 12 aromatic carbocycles. The number of rotatable bonds is 18. The molecule has 0 aliphatic rings. The number of aromatic nitrogens is 5. The van der Waals surface area contributed by atoms with Crippen LogP contribution in [0.3, 0.4) is 0 Å². The molecule has 100 heavy (non-hydrogen) atoms. The fourth-order valence-corrected chi connectivity index (χ4v) is 12.4. The maximum Gasteiger partial charge on any atom is 0.338 e. The molecule has 0 saturated carbocycles. The van der Waals surface area contributed by atoms with Gasteiger partial charge in [0, 0.05) is 49.6 Å². The van der Waals surface area contributed by atoms with E-state index in [9.17, 15) is 24.4 Å². The molecule has 478 valence electrons. The maximum atomic E-state index is 13.9. The zero-order valence-corrected chi connectivity index (χ0v) is 53.4. The molecule has 0 fully saturated rings. The number of esters is 4. The molecule has 3 aromatic heterocycles. The Kier molecular flexibility index (Phi) is 17.1. The molecule has 15 aromatic rings. The lowest BCUT2D eigenvalue weighted by Gasteiger charge is -2.16. The number of hydrogen-bond donors (Lipinski definition) is 0. The predicted molar refractivity (Wildman–Crippen MR) is 383 cm³/mol. The van der Waals surface area contributed by atoms with Crippen LogP contribution in [0.4, 0.5) is 5.69 Å². The fraction of sp³-hybridized carbons (Fsp3) is 0.0471. The second-order valence-electron chi connectivity index (χ2n) is 23.8. The van der Waals surface area contributed by atoms with E-state index in [1.807, 2.05) is 223 Å². The summed E-state index contributed by atoms with van der Waals surface area (Å²) < 4.78 is 27.3. The van der Waals surface area contributed by atoms with Crippen molar-refractivity contribution in [1.29, 1.82) is 5.26 Å². The van der Waals surface area contributed by atoms with E-state index in [2.05, 4.69) is 15.5 Å². The fourth-order valence-electron chi connectivity index (χ4n) is 12.4. The Bertz CT molecular complexity index is 5540. The van der Waals surface area contributed by atoms with Crippen molar-refractivity contribution in [2.45, 2.75) is 26.4 Å². The second kappa shape index (κ2) is 27.4. The van der Waals surface area contributed by atoms with Crippen molar-refractivity contribution in [3.63, 3.8) is 0 Å². The molecule has 0 spiro atoms. The van der Waals surface area contributed by atoms with Crippen LogP contribution >= 0.6 is 0 Å². The first-order valence-electron chi connectivity index (χ1n) is 32.1. The maximum absolute atomic E-state index is 13.9. The second-order valence-corrected chi connectivity index (χ2v) is 23.8. The number of ether oxygens (including phenoxy) is 4. The van der Waals surface area contributed by atoms with Gasteiger partial charge >= 0.3 is 23.9 Å². The van der Waals surface area contributed by atoms with Crippen LogP contribution < -0.4 is 0 Å². The summed E-state index contributed by atoms with van der Waals surface area (Å²) in [6.07, 6.45) is 0. The highest BCUT2D eigenvalue weighted by Crippen LogP contribution is 2.42. The molecule has 15 rings (SSSR count). The largest absolute Gasteiger partial charge is 0.457 e. The van der Waals surface area contributed by atoms with Crippen LogP contribution in [0.25, 0.3) is 105 Å². The van der Waals surface area contributed by atoms with Gasteiger partial charge in [0.15, 0.2) is 23.2 Å². The van der Waals surface area contributed by atoms with E-state index >= 15 is 0 Å². The standard InChI is InChI=1S/C85H55N7O8/c1-87-74-48-66(92-77-41-33-63(84(95)99-52-57-21-11-4-12-22-57)45-72(77)73-46-64(34-42-78(73)92)85(96)100-53-58-23-13-5-14-24-58)36-38-68(74)81-89-79(60-25-15-6-16-26-60)88-80(90-81)67-37-35-65(47-69(67)59-29-27-54(49-86)28-30-59)91-75-39-31-61(82(93)97-50-55-17-7-2-8-18-55)43-70(75)71-44-62(32-40-76(71)91)83(94)98-51-56-19-9-3-10-20-56/h2-48H,50-53H2. The summed E-state index contributed by atoms with van der Waals surface area (Å²) in [6, 6.07) is 89.5. The van der Waals surface area contributed by atoms with Gasteiger partial charge < -0.3 is 28.1 Å². The van der Waals surface area contributed by atoms with Crippen molar-refractivity contribution in [3.05, 3.63) is 347 Å². The lowest BCUT2D eigenvalue weighted by Crippen LogP contribution is -2.05. The third-order valence-electron chi connectivity index (χ3n) is 17.4. The number of benzene rings is 12. The van der Waals surface area contributed by atoms with Crippen molar-refractivity contribution in [1.82, 2.24) is 24.1 Å². The number of hydrogen-bond acceptors (Lipinski definition) is 12. The summed E-state index contributed by atoms with van der Waals surface area (Å²) in [7, 11) is 0. The molecule has 15 nitrogen and oxygen atoms in total. The number of nitrogens with zero attached hydrogens (tertiary/aromatic N) is 7. The molecule has 0 amide bonds. The topological polar surface area (TPSA) is 182 Å². The van der Waals surface area contributed by atoms with Gasteiger partial charge in [-0.05, 0) is 149 Å². The highest BCUT2D eigenvalue weighted by atomic mass is 16.5. The van der Waals surface area contributed by atoms with Gasteiger partial charge in [-0.1, -0.05) is 170 Å². The van der Waals surface area contributed by atoms with E-state index in [0.717, 1.165) is 38.9 Å². The molecule has 0 unspecified atom stereocenters. The molecule has 3 heterocycles. The first-order chi connectivity index (χ1) is 49.1. The van der Waals surface area contributed by atoms with Crippen LogP contribution in [0.2, 0.25) is 0 Å². The summed E-state index contributed by atoms with van der Waals surface area (Å²) in [6.45, 7) is 9.10. The number of carbonyl (C=O) groups excluding carboxylic acids is 4. The minimum Gasteiger partial charge on any atom is -0.457 e. The Labute approximate surface area is 573 Å². The SMILES string of the molecule is [C-]#[N+]c1cc(-n2c3ccc(C(=O)OCc4ccccc4)cc3c3cc(C(=O)OCc4ccccc4)ccc32)ccc1-c1nc(-c2ccccc2)nc(-c2ccc(-n3c4ccc(C(=O)OCc5ccccc5)cc4c4cc(C(=O)OCc5ccccc5)ccc43)cc2-c2ccc(C#N)cc2)n1. The average molecular weight is 1300 g/mol. The predicted octanol–water partition coefficient (Wildman–Crippen LogP) is 18.6. The van der Waals surface area contributed by atoms with E-state index in [1.165, 1.54) is 0 Å². The van der Waals surface area contributed by atoms with Gasteiger partial charge in [0.05, 0.1) is 62.5 Å². The van der Waals surface area contributed by atoms with Crippen molar-refractivity contribution in [2.24, 2.45) is 0 Å². The third kappa shape index (κ3) is 12.7. The lowest BCUT2D eigenvalue weighted by molar-refractivity contribution is 0.0464. The molecule has 0 aliphatic carbocycles.